The van der Waals surface area contributed by atoms with Crippen LogP contribution in [0.1, 0.15) is 18.2 Å². The second-order valence-corrected chi connectivity index (χ2v) is 5.01. The highest BCUT2D eigenvalue weighted by molar-refractivity contribution is 6.18. The van der Waals surface area contributed by atoms with Crippen molar-refractivity contribution in [1.82, 2.24) is 15.0 Å². The zero-order valence-electron chi connectivity index (χ0n) is 11.7. The van der Waals surface area contributed by atoms with Crippen LogP contribution in [-0.2, 0) is 6.42 Å². The van der Waals surface area contributed by atoms with Crippen LogP contribution in [0.2, 0.25) is 0 Å². The maximum absolute atomic E-state index is 9.47. The summed E-state index contributed by atoms with van der Waals surface area (Å²) < 4.78 is 1.78. The molecule has 0 aliphatic heterocycles. The lowest BCUT2D eigenvalue weighted by Crippen LogP contribution is -2.20. The standard InChI is InChI=1S/C14H19ClN4O/c1-3-11-9-19(18-17-11)14-6-12(5-4-10(14)2)16-8-13(20)7-15/h4-6,9,13,16,20H,3,7-8H2,1-2H3. The fraction of sp³-hybridized carbons (Fsp3) is 0.429. The van der Waals surface area contributed by atoms with Crippen molar-refractivity contribution in [1.29, 1.82) is 0 Å². The highest BCUT2D eigenvalue weighted by Gasteiger charge is 2.07. The van der Waals surface area contributed by atoms with E-state index in [1.165, 1.54) is 0 Å². The number of rotatable bonds is 6. The second-order valence-electron chi connectivity index (χ2n) is 4.70. The maximum atomic E-state index is 9.47. The minimum atomic E-state index is -0.556. The third kappa shape index (κ3) is 3.49. The van der Waals surface area contributed by atoms with Crippen LogP contribution in [-0.4, -0.2) is 38.6 Å². The van der Waals surface area contributed by atoms with E-state index in [-0.39, 0.29) is 5.88 Å². The number of nitrogens with zero attached hydrogens (tertiary/aromatic N) is 3. The molecule has 2 aromatic rings. The average molecular weight is 295 g/mol. The molecule has 0 amide bonds. The van der Waals surface area contributed by atoms with Crippen molar-refractivity contribution in [3.8, 4) is 5.69 Å². The Labute approximate surface area is 123 Å². The van der Waals surface area contributed by atoms with Gasteiger partial charge in [-0.15, -0.1) is 16.7 Å². The molecule has 0 radical (unpaired) electrons. The molecule has 1 atom stereocenters. The summed E-state index contributed by atoms with van der Waals surface area (Å²) in [4.78, 5) is 0. The SMILES string of the molecule is CCc1cn(-c2cc(NCC(O)CCl)ccc2C)nn1. The van der Waals surface area contributed by atoms with E-state index in [4.69, 9.17) is 11.6 Å². The minimum Gasteiger partial charge on any atom is -0.390 e. The van der Waals surface area contributed by atoms with Gasteiger partial charge in [0.05, 0.1) is 29.6 Å². The molecule has 108 valence electrons. The first kappa shape index (κ1) is 14.8. The average Bonchev–Trinajstić information content (AvgIpc) is 2.94. The molecular formula is C14H19ClN4O. The van der Waals surface area contributed by atoms with Crippen molar-refractivity contribution >= 4 is 17.3 Å². The topological polar surface area (TPSA) is 63.0 Å². The van der Waals surface area contributed by atoms with Crippen LogP contribution in [0.4, 0.5) is 5.69 Å². The van der Waals surface area contributed by atoms with Gasteiger partial charge in [-0.1, -0.05) is 18.2 Å². The van der Waals surface area contributed by atoms with E-state index >= 15 is 0 Å². The van der Waals surface area contributed by atoms with Gasteiger partial charge in [-0.2, -0.15) is 0 Å². The molecule has 1 unspecified atom stereocenters. The molecular weight excluding hydrogens is 276 g/mol. The van der Waals surface area contributed by atoms with Gasteiger partial charge < -0.3 is 10.4 Å². The van der Waals surface area contributed by atoms with Crippen LogP contribution in [0.3, 0.4) is 0 Å². The number of aryl methyl sites for hydroxylation is 2. The van der Waals surface area contributed by atoms with E-state index in [2.05, 4.69) is 15.6 Å². The van der Waals surface area contributed by atoms with Crippen LogP contribution in [0.15, 0.2) is 24.4 Å². The number of aliphatic hydroxyl groups excluding tert-OH is 1. The van der Waals surface area contributed by atoms with Gasteiger partial charge >= 0.3 is 0 Å². The summed E-state index contributed by atoms with van der Waals surface area (Å²) in [5.41, 5.74) is 3.96. The van der Waals surface area contributed by atoms with Crippen LogP contribution >= 0.6 is 11.6 Å². The van der Waals surface area contributed by atoms with Gasteiger partial charge in [-0.3, -0.25) is 0 Å². The fourth-order valence-electron chi connectivity index (χ4n) is 1.83. The highest BCUT2D eigenvalue weighted by Crippen LogP contribution is 2.19. The summed E-state index contributed by atoms with van der Waals surface area (Å²) >= 11 is 5.58. The third-order valence-corrected chi connectivity index (χ3v) is 3.44. The summed E-state index contributed by atoms with van der Waals surface area (Å²) in [5.74, 6) is 0.217. The van der Waals surface area contributed by atoms with Crippen LogP contribution < -0.4 is 5.32 Å². The zero-order valence-corrected chi connectivity index (χ0v) is 12.4. The van der Waals surface area contributed by atoms with Crippen LogP contribution in [0.5, 0.6) is 0 Å². The molecule has 0 aliphatic rings. The molecule has 20 heavy (non-hydrogen) atoms. The number of nitrogens with one attached hydrogen (secondary N) is 1. The number of halogens is 1. The Morgan fingerprint density at radius 1 is 1.45 bits per heavy atom. The lowest BCUT2D eigenvalue weighted by atomic mass is 10.1. The molecule has 0 spiro atoms. The Morgan fingerprint density at radius 2 is 2.25 bits per heavy atom. The van der Waals surface area contributed by atoms with E-state index in [1.54, 1.807) is 4.68 Å². The van der Waals surface area contributed by atoms with Gasteiger partial charge in [-0.05, 0) is 31.0 Å². The Kier molecular flexibility index (Phi) is 4.98. The Hall–Kier alpha value is -1.59. The first-order valence-electron chi connectivity index (χ1n) is 6.64. The Morgan fingerprint density at radius 3 is 2.90 bits per heavy atom. The molecule has 5 nitrogen and oxygen atoms in total. The number of benzene rings is 1. The summed E-state index contributed by atoms with van der Waals surface area (Å²) in [6.07, 6.45) is 2.23. The largest absolute Gasteiger partial charge is 0.390 e. The predicted octanol–water partition coefficient (Wildman–Crippen LogP) is 2.15. The molecule has 2 rings (SSSR count). The fourth-order valence-corrected chi connectivity index (χ4v) is 1.94. The van der Waals surface area contributed by atoms with Crippen molar-refractivity contribution in [3.63, 3.8) is 0 Å². The zero-order chi connectivity index (χ0) is 14.5. The van der Waals surface area contributed by atoms with Gasteiger partial charge in [-0.25, -0.2) is 4.68 Å². The van der Waals surface area contributed by atoms with Crippen LogP contribution in [0, 0.1) is 6.92 Å². The number of anilines is 1. The molecule has 1 aromatic carbocycles. The van der Waals surface area contributed by atoms with Crippen LogP contribution in [0.25, 0.3) is 5.69 Å². The highest BCUT2D eigenvalue weighted by atomic mass is 35.5. The smallest absolute Gasteiger partial charge is 0.0847 e. The predicted molar refractivity (Wildman–Crippen MR) is 80.7 cm³/mol. The molecule has 2 N–H and O–H groups in total. The summed E-state index contributed by atoms with van der Waals surface area (Å²) in [5, 5.41) is 20.9. The maximum Gasteiger partial charge on any atom is 0.0847 e. The van der Waals surface area contributed by atoms with E-state index in [0.717, 1.165) is 29.1 Å². The molecule has 6 heteroatoms. The van der Waals surface area contributed by atoms with E-state index in [1.807, 2.05) is 38.2 Å². The summed E-state index contributed by atoms with van der Waals surface area (Å²) in [7, 11) is 0. The monoisotopic (exact) mass is 294 g/mol. The summed E-state index contributed by atoms with van der Waals surface area (Å²) in [6.45, 7) is 4.50. The van der Waals surface area contributed by atoms with E-state index < -0.39 is 6.10 Å². The lowest BCUT2D eigenvalue weighted by Gasteiger charge is -2.12. The molecule has 1 heterocycles. The number of aromatic nitrogens is 3. The molecule has 0 aliphatic carbocycles. The number of hydrogen-bond donors (Lipinski definition) is 2. The number of alkyl halides is 1. The molecule has 0 saturated heterocycles. The van der Waals surface area contributed by atoms with Crippen molar-refractivity contribution in [3.05, 3.63) is 35.7 Å². The second kappa shape index (κ2) is 6.72. The molecule has 0 fully saturated rings. The Balaban J connectivity index is 2.20. The van der Waals surface area contributed by atoms with Gasteiger partial charge in [0.15, 0.2) is 0 Å². The number of hydrogen-bond acceptors (Lipinski definition) is 4. The molecule has 0 bridgehead atoms. The summed E-state index contributed by atoms with van der Waals surface area (Å²) in [6, 6.07) is 5.97. The first-order valence-corrected chi connectivity index (χ1v) is 7.17. The van der Waals surface area contributed by atoms with Crippen molar-refractivity contribution in [2.24, 2.45) is 0 Å². The quantitative estimate of drug-likeness (QED) is 0.801. The van der Waals surface area contributed by atoms with Crippen molar-refractivity contribution in [2.45, 2.75) is 26.4 Å². The lowest BCUT2D eigenvalue weighted by molar-refractivity contribution is 0.211. The van der Waals surface area contributed by atoms with Crippen molar-refractivity contribution < 1.29 is 5.11 Å². The Bertz CT molecular complexity index is 570. The van der Waals surface area contributed by atoms with Gasteiger partial charge in [0.1, 0.15) is 0 Å². The van der Waals surface area contributed by atoms with E-state index in [0.29, 0.717) is 6.54 Å². The van der Waals surface area contributed by atoms with Gasteiger partial charge in [0, 0.05) is 12.2 Å². The van der Waals surface area contributed by atoms with Crippen molar-refractivity contribution in [2.75, 3.05) is 17.7 Å². The first-order chi connectivity index (χ1) is 9.63. The molecule has 0 saturated carbocycles. The molecule has 1 aromatic heterocycles. The van der Waals surface area contributed by atoms with E-state index in [9.17, 15) is 5.11 Å². The number of aliphatic hydroxyl groups is 1. The van der Waals surface area contributed by atoms with Gasteiger partial charge in [0.2, 0.25) is 0 Å². The van der Waals surface area contributed by atoms with Gasteiger partial charge in [0.25, 0.3) is 0 Å². The minimum absolute atomic E-state index is 0.217. The normalized spacial score (nSPS) is 12.4. The third-order valence-electron chi connectivity index (χ3n) is 3.08.